The van der Waals surface area contributed by atoms with E-state index in [1.807, 2.05) is 6.92 Å². The Morgan fingerprint density at radius 1 is 1.62 bits per heavy atom. The smallest absolute Gasteiger partial charge is 0.233 e. The summed E-state index contributed by atoms with van der Waals surface area (Å²) in [6.07, 6.45) is 5.54. The number of amides is 1. The molecule has 1 fully saturated rings. The molecule has 1 heterocycles. The van der Waals surface area contributed by atoms with Crippen LogP contribution in [0.1, 0.15) is 24.8 Å². The summed E-state index contributed by atoms with van der Waals surface area (Å²) < 4.78 is 12.9. The summed E-state index contributed by atoms with van der Waals surface area (Å²) in [5, 5.41) is 2.78. The minimum absolute atomic E-state index is 0.199. The fourth-order valence-corrected chi connectivity index (χ4v) is 1.89. The van der Waals surface area contributed by atoms with Crippen LogP contribution in [0.25, 0.3) is 0 Å². The molecule has 0 radical (unpaired) electrons. The number of aryl methyl sites for hydroxylation is 1. The second-order valence-electron chi connectivity index (χ2n) is 4.41. The second kappa shape index (κ2) is 4.20. The van der Waals surface area contributed by atoms with E-state index in [2.05, 4.69) is 10.3 Å². The molecule has 3 nitrogen and oxygen atoms in total. The first-order valence-electron chi connectivity index (χ1n) is 5.46. The standard InChI is InChI=1S/C12H15FN2O/c1-9-7-14-6-3-10(9)15-11(16)12(8-13)4-2-5-12/h3,6-7H,2,4-5,8H2,1H3,(H,14,15,16). The largest absolute Gasteiger partial charge is 0.325 e. The van der Waals surface area contributed by atoms with Gasteiger partial charge in [-0.2, -0.15) is 0 Å². The maximum absolute atomic E-state index is 12.9. The Labute approximate surface area is 94.1 Å². The van der Waals surface area contributed by atoms with Crippen LogP contribution in [0.5, 0.6) is 0 Å². The van der Waals surface area contributed by atoms with E-state index in [-0.39, 0.29) is 5.91 Å². The van der Waals surface area contributed by atoms with Gasteiger partial charge in [0.25, 0.3) is 0 Å². The van der Waals surface area contributed by atoms with Crippen molar-refractivity contribution >= 4 is 11.6 Å². The van der Waals surface area contributed by atoms with Crippen molar-refractivity contribution in [2.75, 3.05) is 12.0 Å². The number of nitrogens with one attached hydrogen (secondary N) is 1. The molecule has 0 aromatic carbocycles. The average Bonchev–Trinajstić information content (AvgIpc) is 2.21. The maximum atomic E-state index is 12.9. The van der Waals surface area contributed by atoms with E-state index in [4.69, 9.17) is 0 Å². The van der Waals surface area contributed by atoms with Gasteiger partial charge in [-0.05, 0) is 31.4 Å². The summed E-state index contributed by atoms with van der Waals surface area (Å²) in [6.45, 7) is 1.30. The number of pyridine rings is 1. The van der Waals surface area contributed by atoms with Gasteiger partial charge in [0.05, 0.1) is 5.41 Å². The van der Waals surface area contributed by atoms with Gasteiger partial charge in [0.15, 0.2) is 0 Å². The summed E-state index contributed by atoms with van der Waals surface area (Å²) >= 11 is 0. The Bertz CT molecular complexity index is 396. The van der Waals surface area contributed by atoms with Crippen LogP contribution in [0.4, 0.5) is 10.1 Å². The Morgan fingerprint density at radius 3 is 2.88 bits per heavy atom. The summed E-state index contributed by atoms with van der Waals surface area (Å²) in [6, 6.07) is 1.73. The van der Waals surface area contributed by atoms with Crippen LogP contribution in [0.3, 0.4) is 0 Å². The third kappa shape index (κ3) is 1.79. The van der Waals surface area contributed by atoms with Gasteiger partial charge in [-0.15, -0.1) is 0 Å². The number of carbonyl (C=O) groups is 1. The molecule has 0 atom stereocenters. The molecule has 1 amide bonds. The van der Waals surface area contributed by atoms with Gasteiger partial charge < -0.3 is 5.32 Å². The SMILES string of the molecule is Cc1cnccc1NC(=O)C1(CF)CCC1. The number of hydrogen-bond acceptors (Lipinski definition) is 2. The summed E-state index contributed by atoms with van der Waals surface area (Å²) in [7, 11) is 0. The molecule has 1 aliphatic carbocycles. The van der Waals surface area contributed by atoms with E-state index >= 15 is 0 Å². The van der Waals surface area contributed by atoms with Crippen LogP contribution in [0, 0.1) is 12.3 Å². The zero-order valence-corrected chi connectivity index (χ0v) is 9.29. The van der Waals surface area contributed by atoms with Crippen molar-refractivity contribution in [2.24, 2.45) is 5.41 Å². The molecule has 2 rings (SSSR count). The molecular weight excluding hydrogens is 207 g/mol. The van der Waals surface area contributed by atoms with Crippen LogP contribution in [0.2, 0.25) is 0 Å². The van der Waals surface area contributed by atoms with Crippen molar-refractivity contribution in [2.45, 2.75) is 26.2 Å². The van der Waals surface area contributed by atoms with Crippen molar-refractivity contribution in [1.82, 2.24) is 4.98 Å². The summed E-state index contributed by atoms with van der Waals surface area (Å²) in [5.41, 5.74) is 0.847. The number of nitrogens with zero attached hydrogens (tertiary/aromatic N) is 1. The number of carbonyl (C=O) groups excluding carboxylic acids is 1. The van der Waals surface area contributed by atoms with Crippen molar-refractivity contribution in [3.8, 4) is 0 Å². The Morgan fingerprint density at radius 2 is 2.38 bits per heavy atom. The molecule has 0 saturated heterocycles. The van der Waals surface area contributed by atoms with Gasteiger partial charge in [0, 0.05) is 18.1 Å². The Balaban J connectivity index is 2.10. The average molecular weight is 222 g/mol. The maximum Gasteiger partial charge on any atom is 0.233 e. The first kappa shape index (κ1) is 11.0. The highest BCUT2D eigenvalue weighted by Crippen LogP contribution is 2.42. The van der Waals surface area contributed by atoms with E-state index in [1.165, 1.54) is 0 Å². The monoisotopic (exact) mass is 222 g/mol. The molecule has 1 aromatic rings. The molecule has 4 heteroatoms. The molecule has 0 spiro atoms. The molecule has 0 aliphatic heterocycles. The van der Waals surface area contributed by atoms with Gasteiger partial charge in [0.2, 0.25) is 5.91 Å². The topological polar surface area (TPSA) is 42.0 Å². The molecule has 1 aromatic heterocycles. The van der Waals surface area contributed by atoms with Gasteiger partial charge in [-0.3, -0.25) is 9.78 Å². The van der Waals surface area contributed by atoms with Crippen LogP contribution in [-0.4, -0.2) is 17.6 Å². The molecule has 0 unspecified atom stereocenters. The number of alkyl halides is 1. The van der Waals surface area contributed by atoms with Crippen molar-refractivity contribution in [1.29, 1.82) is 0 Å². The van der Waals surface area contributed by atoms with E-state index in [1.54, 1.807) is 18.5 Å². The number of anilines is 1. The third-order valence-corrected chi connectivity index (χ3v) is 3.32. The Kier molecular flexibility index (Phi) is 2.90. The predicted octanol–water partition coefficient (Wildman–Crippen LogP) is 2.47. The normalized spacial score (nSPS) is 17.6. The van der Waals surface area contributed by atoms with Crippen LogP contribution < -0.4 is 5.32 Å². The van der Waals surface area contributed by atoms with Crippen LogP contribution in [-0.2, 0) is 4.79 Å². The number of hydrogen-bond donors (Lipinski definition) is 1. The molecule has 1 saturated carbocycles. The molecule has 86 valence electrons. The minimum Gasteiger partial charge on any atom is -0.325 e. The number of rotatable bonds is 3. The highest BCUT2D eigenvalue weighted by Gasteiger charge is 2.44. The lowest BCUT2D eigenvalue weighted by molar-refractivity contribution is -0.131. The highest BCUT2D eigenvalue weighted by molar-refractivity contribution is 5.96. The van der Waals surface area contributed by atoms with Gasteiger partial charge in [-0.25, -0.2) is 4.39 Å². The zero-order chi connectivity index (χ0) is 11.6. The van der Waals surface area contributed by atoms with Crippen molar-refractivity contribution in [3.05, 3.63) is 24.0 Å². The lowest BCUT2D eigenvalue weighted by atomic mass is 9.69. The number of aromatic nitrogens is 1. The second-order valence-corrected chi connectivity index (χ2v) is 4.41. The fourth-order valence-electron chi connectivity index (χ4n) is 1.89. The Hall–Kier alpha value is -1.45. The predicted molar refractivity (Wildman–Crippen MR) is 59.9 cm³/mol. The first-order valence-corrected chi connectivity index (χ1v) is 5.46. The lowest BCUT2D eigenvalue weighted by Crippen LogP contribution is -2.43. The number of halogens is 1. The van der Waals surface area contributed by atoms with Crippen molar-refractivity contribution in [3.63, 3.8) is 0 Å². The third-order valence-electron chi connectivity index (χ3n) is 3.32. The van der Waals surface area contributed by atoms with E-state index in [9.17, 15) is 9.18 Å². The van der Waals surface area contributed by atoms with Gasteiger partial charge in [0.1, 0.15) is 6.67 Å². The van der Waals surface area contributed by atoms with E-state index in [0.29, 0.717) is 12.8 Å². The molecule has 1 N–H and O–H groups in total. The summed E-state index contributed by atoms with van der Waals surface area (Å²) in [5.74, 6) is -0.199. The molecular formula is C12H15FN2O. The zero-order valence-electron chi connectivity index (χ0n) is 9.29. The van der Waals surface area contributed by atoms with Gasteiger partial charge in [-0.1, -0.05) is 6.42 Å². The molecule has 16 heavy (non-hydrogen) atoms. The van der Waals surface area contributed by atoms with E-state index in [0.717, 1.165) is 17.7 Å². The van der Waals surface area contributed by atoms with E-state index < -0.39 is 12.1 Å². The van der Waals surface area contributed by atoms with Crippen LogP contribution >= 0.6 is 0 Å². The fraction of sp³-hybridized carbons (Fsp3) is 0.500. The summed E-state index contributed by atoms with van der Waals surface area (Å²) in [4.78, 5) is 15.9. The lowest BCUT2D eigenvalue weighted by Gasteiger charge is -2.37. The molecule has 1 aliphatic rings. The quantitative estimate of drug-likeness (QED) is 0.853. The first-order chi connectivity index (χ1) is 7.68. The highest BCUT2D eigenvalue weighted by atomic mass is 19.1. The van der Waals surface area contributed by atoms with Crippen molar-refractivity contribution < 1.29 is 9.18 Å². The van der Waals surface area contributed by atoms with Gasteiger partial charge >= 0.3 is 0 Å². The van der Waals surface area contributed by atoms with Crippen LogP contribution in [0.15, 0.2) is 18.5 Å². The molecule has 0 bridgehead atoms. The minimum atomic E-state index is -0.768.